The first-order chi connectivity index (χ1) is 7.25. The molecule has 1 N–H and O–H groups in total. The predicted octanol–water partition coefficient (Wildman–Crippen LogP) is 1.58. The van der Waals surface area contributed by atoms with Gasteiger partial charge in [0.15, 0.2) is 0 Å². The van der Waals surface area contributed by atoms with Crippen LogP contribution in [0.4, 0.5) is 5.82 Å². The molecule has 0 amide bonds. The van der Waals surface area contributed by atoms with Crippen LogP contribution < -0.4 is 5.32 Å². The van der Waals surface area contributed by atoms with E-state index in [4.69, 9.17) is 0 Å². The highest BCUT2D eigenvalue weighted by atomic mass is 79.9. The Morgan fingerprint density at radius 1 is 1.40 bits per heavy atom. The van der Waals surface area contributed by atoms with Crippen molar-refractivity contribution in [2.75, 3.05) is 5.32 Å². The molecule has 0 radical (unpaired) electrons. The molecule has 0 unspecified atom stereocenters. The summed E-state index contributed by atoms with van der Waals surface area (Å²) < 4.78 is 2.55. The molecular formula is C9H10BrN5. The number of aromatic nitrogens is 4. The maximum Gasteiger partial charge on any atom is 0.144 e. The molecule has 6 heteroatoms. The molecule has 2 rings (SSSR count). The van der Waals surface area contributed by atoms with Gasteiger partial charge >= 0.3 is 0 Å². The normalized spacial score (nSPS) is 10.3. The standard InChI is InChI=1S/C9H10BrN5/c1-15-7(2-3-14-15)4-12-9-6-11-8(10)5-13-9/h2-3,5-6H,4H2,1H3,(H,12,13). The number of nitrogens with zero attached hydrogens (tertiary/aromatic N) is 4. The molecule has 0 saturated carbocycles. The summed E-state index contributed by atoms with van der Waals surface area (Å²) in [5.74, 6) is 0.749. The van der Waals surface area contributed by atoms with Crippen LogP contribution in [0, 0.1) is 0 Å². The van der Waals surface area contributed by atoms with Gasteiger partial charge in [-0.3, -0.25) is 4.68 Å². The third kappa shape index (κ3) is 2.53. The van der Waals surface area contributed by atoms with Crippen LogP contribution in [-0.4, -0.2) is 19.7 Å². The molecule has 0 aliphatic heterocycles. The first-order valence-corrected chi connectivity index (χ1v) is 5.23. The topological polar surface area (TPSA) is 55.6 Å². The fourth-order valence-electron chi connectivity index (χ4n) is 1.16. The average Bonchev–Trinajstić information content (AvgIpc) is 2.63. The molecule has 0 saturated heterocycles. The van der Waals surface area contributed by atoms with Crippen molar-refractivity contribution in [2.24, 2.45) is 7.05 Å². The van der Waals surface area contributed by atoms with Crippen LogP contribution in [-0.2, 0) is 13.6 Å². The van der Waals surface area contributed by atoms with Crippen LogP contribution in [0.25, 0.3) is 0 Å². The van der Waals surface area contributed by atoms with E-state index in [1.54, 1.807) is 18.6 Å². The second-order valence-corrected chi connectivity index (χ2v) is 3.84. The minimum absolute atomic E-state index is 0.687. The number of hydrogen-bond donors (Lipinski definition) is 1. The summed E-state index contributed by atoms with van der Waals surface area (Å²) >= 11 is 3.23. The van der Waals surface area contributed by atoms with E-state index in [1.807, 2.05) is 17.8 Å². The molecule has 0 fully saturated rings. The molecule has 2 aromatic rings. The molecule has 15 heavy (non-hydrogen) atoms. The Bertz CT molecular complexity index is 436. The monoisotopic (exact) mass is 267 g/mol. The van der Waals surface area contributed by atoms with Crippen molar-refractivity contribution in [1.29, 1.82) is 0 Å². The number of aryl methyl sites for hydroxylation is 1. The second kappa shape index (κ2) is 4.39. The maximum atomic E-state index is 4.16. The van der Waals surface area contributed by atoms with Crippen molar-refractivity contribution in [3.8, 4) is 0 Å². The highest BCUT2D eigenvalue weighted by Crippen LogP contribution is 2.07. The number of hydrogen-bond acceptors (Lipinski definition) is 4. The lowest BCUT2D eigenvalue weighted by Crippen LogP contribution is -2.06. The zero-order valence-corrected chi connectivity index (χ0v) is 9.77. The smallest absolute Gasteiger partial charge is 0.144 e. The summed E-state index contributed by atoms with van der Waals surface area (Å²) in [5.41, 5.74) is 1.10. The van der Waals surface area contributed by atoms with Crippen LogP contribution >= 0.6 is 15.9 Å². The Labute approximate surface area is 95.7 Å². The summed E-state index contributed by atoms with van der Waals surface area (Å²) in [6.07, 6.45) is 5.11. The second-order valence-electron chi connectivity index (χ2n) is 3.02. The number of halogens is 1. The molecule has 0 aromatic carbocycles. The minimum atomic E-state index is 0.687. The fraction of sp³-hybridized carbons (Fsp3) is 0.222. The quantitative estimate of drug-likeness (QED) is 0.918. The first kappa shape index (κ1) is 10.1. The summed E-state index contributed by atoms with van der Waals surface area (Å²) in [6, 6.07) is 1.96. The van der Waals surface area contributed by atoms with Gasteiger partial charge in [0, 0.05) is 13.2 Å². The van der Waals surface area contributed by atoms with Crippen molar-refractivity contribution in [3.05, 3.63) is 35.0 Å². The van der Waals surface area contributed by atoms with E-state index in [2.05, 4.69) is 36.3 Å². The van der Waals surface area contributed by atoms with E-state index in [0.717, 1.165) is 16.1 Å². The van der Waals surface area contributed by atoms with Gasteiger partial charge in [-0.1, -0.05) is 0 Å². The predicted molar refractivity (Wildman–Crippen MR) is 60.3 cm³/mol. The van der Waals surface area contributed by atoms with E-state index in [-0.39, 0.29) is 0 Å². The number of nitrogens with one attached hydrogen (secondary N) is 1. The Kier molecular flexibility index (Phi) is 2.96. The van der Waals surface area contributed by atoms with E-state index in [1.165, 1.54) is 0 Å². The van der Waals surface area contributed by atoms with Gasteiger partial charge in [-0.05, 0) is 22.0 Å². The van der Waals surface area contributed by atoms with Crippen molar-refractivity contribution in [1.82, 2.24) is 19.7 Å². The maximum absolute atomic E-state index is 4.16. The summed E-state index contributed by atoms with van der Waals surface area (Å²) in [6.45, 7) is 0.687. The number of anilines is 1. The van der Waals surface area contributed by atoms with E-state index in [9.17, 15) is 0 Å². The Morgan fingerprint density at radius 3 is 2.87 bits per heavy atom. The van der Waals surface area contributed by atoms with Gasteiger partial charge in [0.2, 0.25) is 0 Å². The third-order valence-electron chi connectivity index (χ3n) is 1.99. The average molecular weight is 268 g/mol. The molecule has 0 aliphatic carbocycles. The molecule has 78 valence electrons. The molecule has 0 spiro atoms. The SMILES string of the molecule is Cn1nccc1CNc1cnc(Br)cn1. The lowest BCUT2D eigenvalue weighted by Gasteiger charge is -2.04. The largest absolute Gasteiger partial charge is 0.363 e. The molecule has 5 nitrogen and oxygen atoms in total. The summed E-state index contributed by atoms with van der Waals surface area (Å²) in [5, 5.41) is 7.24. The van der Waals surface area contributed by atoms with Crippen LogP contribution in [0.3, 0.4) is 0 Å². The third-order valence-corrected chi connectivity index (χ3v) is 2.40. The lowest BCUT2D eigenvalue weighted by molar-refractivity contribution is 0.720. The molecule has 2 aromatic heterocycles. The van der Waals surface area contributed by atoms with Gasteiger partial charge in [0.25, 0.3) is 0 Å². The Balaban J connectivity index is 1.99. The highest BCUT2D eigenvalue weighted by Gasteiger charge is 1.99. The van der Waals surface area contributed by atoms with Crippen LogP contribution in [0.5, 0.6) is 0 Å². The zero-order chi connectivity index (χ0) is 10.7. The number of rotatable bonds is 3. The van der Waals surface area contributed by atoms with E-state index < -0.39 is 0 Å². The van der Waals surface area contributed by atoms with Gasteiger partial charge in [0.05, 0.1) is 24.6 Å². The zero-order valence-electron chi connectivity index (χ0n) is 8.18. The molecule has 0 aliphatic rings. The van der Waals surface area contributed by atoms with Gasteiger partial charge in [0.1, 0.15) is 10.4 Å². The van der Waals surface area contributed by atoms with Crippen LogP contribution in [0.2, 0.25) is 0 Å². The fourth-order valence-corrected chi connectivity index (χ4v) is 1.36. The molecular weight excluding hydrogens is 258 g/mol. The summed E-state index contributed by atoms with van der Waals surface area (Å²) in [4.78, 5) is 8.23. The molecule has 2 heterocycles. The van der Waals surface area contributed by atoms with Crippen molar-refractivity contribution in [3.63, 3.8) is 0 Å². The van der Waals surface area contributed by atoms with Crippen molar-refractivity contribution >= 4 is 21.7 Å². The Morgan fingerprint density at radius 2 is 2.27 bits per heavy atom. The van der Waals surface area contributed by atoms with Gasteiger partial charge in [-0.15, -0.1) is 0 Å². The van der Waals surface area contributed by atoms with E-state index in [0.29, 0.717) is 6.54 Å². The van der Waals surface area contributed by atoms with Gasteiger partial charge < -0.3 is 5.32 Å². The summed E-state index contributed by atoms with van der Waals surface area (Å²) in [7, 11) is 1.91. The molecule has 0 atom stereocenters. The van der Waals surface area contributed by atoms with Crippen molar-refractivity contribution < 1.29 is 0 Å². The lowest BCUT2D eigenvalue weighted by atomic mass is 10.4. The van der Waals surface area contributed by atoms with Crippen LogP contribution in [0.1, 0.15) is 5.69 Å². The van der Waals surface area contributed by atoms with E-state index >= 15 is 0 Å². The molecule has 0 bridgehead atoms. The minimum Gasteiger partial charge on any atom is -0.363 e. The van der Waals surface area contributed by atoms with Gasteiger partial charge in [-0.2, -0.15) is 5.10 Å². The highest BCUT2D eigenvalue weighted by molar-refractivity contribution is 9.10. The Hall–Kier alpha value is -1.43. The van der Waals surface area contributed by atoms with Crippen LogP contribution in [0.15, 0.2) is 29.3 Å². The van der Waals surface area contributed by atoms with Crippen molar-refractivity contribution in [2.45, 2.75) is 6.54 Å². The first-order valence-electron chi connectivity index (χ1n) is 4.44. The van der Waals surface area contributed by atoms with Gasteiger partial charge in [-0.25, -0.2) is 9.97 Å².